The quantitative estimate of drug-likeness (QED) is 0.639. The number of nitrogens with zero attached hydrogens (tertiary/aromatic N) is 3. The van der Waals surface area contributed by atoms with Crippen molar-refractivity contribution in [1.29, 1.82) is 0 Å². The predicted octanol–water partition coefficient (Wildman–Crippen LogP) is 2.49. The third-order valence-electron chi connectivity index (χ3n) is 3.55. The lowest BCUT2D eigenvalue weighted by molar-refractivity contribution is 0.130. The Labute approximate surface area is 144 Å². The summed E-state index contributed by atoms with van der Waals surface area (Å²) in [5.41, 5.74) is 0.543. The molecule has 2 atom stereocenters. The van der Waals surface area contributed by atoms with Gasteiger partial charge in [-0.05, 0) is 31.2 Å². The maximum atomic E-state index is 12.1. The van der Waals surface area contributed by atoms with Gasteiger partial charge in [-0.2, -0.15) is 5.10 Å². The summed E-state index contributed by atoms with van der Waals surface area (Å²) in [6, 6.07) is 8.28. The molecule has 2 amide bonds. The number of aromatic nitrogens is 3. The molecule has 0 saturated heterocycles. The smallest absolute Gasteiger partial charge is 0.319 e. The second-order valence-corrected chi connectivity index (χ2v) is 5.63. The van der Waals surface area contributed by atoms with Gasteiger partial charge in [0.25, 0.3) is 0 Å². The van der Waals surface area contributed by atoms with Crippen LogP contribution in [0.25, 0.3) is 5.82 Å². The summed E-state index contributed by atoms with van der Waals surface area (Å²) in [6.45, 7) is 1.81. The van der Waals surface area contributed by atoms with E-state index < -0.39 is 6.10 Å². The molecule has 0 radical (unpaired) electrons. The Kier molecular flexibility index (Phi) is 5.10. The number of pyridine rings is 1. The summed E-state index contributed by atoms with van der Waals surface area (Å²) in [4.78, 5) is 16.2. The summed E-state index contributed by atoms with van der Waals surface area (Å²) in [5.74, 6) is 1.14. The molecule has 3 N–H and O–H groups in total. The second-order valence-electron chi connectivity index (χ2n) is 5.63. The Morgan fingerprint density at radius 3 is 2.96 bits per heavy atom. The molecule has 0 bridgehead atoms. The summed E-state index contributed by atoms with van der Waals surface area (Å²) in [7, 11) is 0. The highest BCUT2D eigenvalue weighted by atomic mass is 16.4. The Morgan fingerprint density at radius 1 is 1.36 bits per heavy atom. The summed E-state index contributed by atoms with van der Waals surface area (Å²) in [5, 5.41) is 19.7. The van der Waals surface area contributed by atoms with Crippen LogP contribution in [0.4, 0.5) is 10.5 Å². The van der Waals surface area contributed by atoms with Crippen LogP contribution in [-0.4, -0.2) is 31.9 Å². The first-order chi connectivity index (χ1) is 12.1. The summed E-state index contributed by atoms with van der Waals surface area (Å²) in [6.07, 6.45) is 5.96. The molecule has 0 saturated carbocycles. The molecule has 8 heteroatoms. The van der Waals surface area contributed by atoms with Crippen LogP contribution in [0.3, 0.4) is 0 Å². The number of furan rings is 1. The Balaban J connectivity index is 1.51. The van der Waals surface area contributed by atoms with Crippen LogP contribution in [0.15, 0.2) is 59.6 Å². The van der Waals surface area contributed by atoms with Crippen molar-refractivity contribution in [3.63, 3.8) is 0 Å². The number of nitrogens with one attached hydrogen (secondary N) is 2. The van der Waals surface area contributed by atoms with Gasteiger partial charge in [-0.1, -0.05) is 6.07 Å². The molecule has 0 spiro atoms. The van der Waals surface area contributed by atoms with Crippen molar-refractivity contribution in [2.45, 2.75) is 25.5 Å². The zero-order chi connectivity index (χ0) is 17.6. The molecule has 130 valence electrons. The molecule has 3 aromatic rings. The fourth-order valence-corrected chi connectivity index (χ4v) is 2.38. The first-order valence-corrected chi connectivity index (χ1v) is 7.87. The lowest BCUT2D eigenvalue weighted by atomic mass is 10.1. The molecule has 0 aliphatic rings. The molecule has 0 aliphatic heterocycles. The molecule has 3 aromatic heterocycles. The van der Waals surface area contributed by atoms with Gasteiger partial charge in [0.15, 0.2) is 5.82 Å². The largest absolute Gasteiger partial charge is 0.467 e. The van der Waals surface area contributed by atoms with Crippen LogP contribution in [0.2, 0.25) is 0 Å². The monoisotopic (exact) mass is 341 g/mol. The minimum atomic E-state index is -0.766. The van der Waals surface area contributed by atoms with Gasteiger partial charge in [0.2, 0.25) is 0 Å². The van der Waals surface area contributed by atoms with E-state index in [4.69, 9.17) is 4.42 Å². The number of anilines is 1. The molecule has 3 heterocycles. The topological polar surface area (TPSA) is 105 Å². The van der Waals surface area contributed by atoms with Gasteiger partial charge in [0.05, 0.1) is 24.3 Å². The third-order valence-corrected chi connectivity index (χ3v) is 3.55. The number of hydrogen-bond donors (Lipinski definition) is 3. The highest BCUT2D eigenvalue weighted by Crippen LogP contribution is 2.18. The summed E-state index contributed by atoms with van der Waals surface area (Å²) >= 11 is 0. The molecule has 0 fully saturated rings. The first-order valence-electron chi connectivity index (χ1n) is 7.87. The Hall–Kier alpha value is -3.13. The standard InChI is InChI=1S/C17H19N5O3/c1-12(9-14(23)15-5-4-8-25-15)20-17(24)21-13-10-19-22(11-13)16-6-2-3-7-18-16/h2-8,10-12,14,23H,9H2,1H3,(H2,20,21,24)/t12-,14+/m1/s1. The van der Waals surface area contributed by atoms with E-state index in [2.05, 4.69) is 20.7 Å². The Bertz CT molecular complexity index is 801. The molecule has 25 heavy (non-hydrogen) atoms. The van der Waals surface area contributed by atoms with Crippen molar-refractivity contribution in [1.82, 2.24) is 20.1 Å². The number of carbonyl (C=O) groups excluding carboxylic acids is 1. The number of aliphatic hydroxyl groups excluding tert-OH is 1. The van der Waals surface area contributed by atoms with Gasteiger partial charge >= 0.3 is 6.03 Å². The van der Waals surface area contributed by atoms with Crippen LogP contribution in [-0.2, 0) is 0 Å². The maximum Gasteiger partial charge on any atom is 0.319 e. The van der Waals surface area contributed by atoms with E-state index in [9.17, 15) is 9.90 Å². The molecular formula is C17H19N5O3. The van der Waals surface area contributed by atoms with Gasteiger partial charge < -0.3 is 20.2 Å². The van der Waals surface area contributed by atoms with E-state index in [1.54, 1.807) is 29.2 Å². The molecular weight excluding hydrogens is 322 g/mol. The number of hydrogen-bond acceptors (Lipinski definition) is 5. The van der Waals surface area contributed by atoms with Gasteiger partial charge in [0.1, 0.15) is 11.9 Å². The van der Waals surface area contributed by atoms with Crippen molar-refractivity contribution in [3.8, 4) is 5.82 Å². The molecule has 0 aliphatic carbocycles. The number of amides is 2. The van der Waals surface area contributed by atoms with E-state index in [1.165, 1.54) is 12.5 Å². The van der Waals surface area contributed by atoms with Gasteiger partial charge in [-0.25, -0.2) is 14.5 Å². The van der Waals surface area contributed by atoms with Crippen LogP contribution in [0, 0.1) is 0 Å². The van der Waals surface area contributed by atoms with E-state index in [0.29, 0.717) is 23.7 Å². The lowest BCUT2D eigenvalue weighted by Crippen LogP contribution is -2.36. The minimum absolute atomic E-state index is 0.245. The third kappa shape index (κ3) is 4.45. The van der Waals surface area contributed by atoms with E-state index >= 15 is 0 Å². The zero-order valence-electron chi connectivity index (χ0n) is 13.7. The van der Waals surface area contributed by atoms with E-state index in [1.807, 2.05) is 25.1 Å². The highest BCUT2D eigenvalue weighted by Gasteiger charge is 2.16. The number of carbonyl (C=O) groups is 1. The number of aliphatic hydroxyl groups is 1. The molecule has 0 aromatic carbocycles. The van der Waals surface area contributed by atoms with Crippen LogP contribution >= 0.6 is 0 Å². The van der Waals surface area contributed by atoms with Crippen molar-refractivity contribution in [2.75, 3.05) is 5.32 Å². The fraction of sp³-hybridized carbons (Fsp3) is 0.235. The summed E-state index contributed by atoms with van der Waals surface area (Å²) < 4.78 is 6.72. The second kappa shape index (κ2) is 7.63. The first kappa shape index (κ1) is 16.7. The van der Waals surface area contributed by atoms with E-state index in [0.717, 1.165) is 0 Å². The molecule has 8 nitrogen and oxygen atoms in total. The Morgan fingerprint density at radius 2 is 2.24 bits per heavy atom. The van der Waals surface area contributed by atoms with Crippen molar-refractivity contribution >= 4 is 11.7 Å². The van der Waals surface area contributed by atoms with E-state index in [-0.39, 0.29) is 12.1 Å². The molecule has 3 rings (SSSR count). The fourth-order valence-electron chi connectivity index (χ4n) is 2.38. The zero-order valence-corrected chi connectivity index (χ0v) is 13.7. The number of urea groups is 1. The highest BCUT2D eigenvalue weighted by molar-refractivity contribution is 5.89. The van der Waals surface area contributed by atoms with Crippen molar-refractivity contribution in [3.05, 3.63) is 60.9 Å². The van der Waals surface area contributed by atoms with Crippen molar-refractivity contribution in [2.24, 2.45) is 0 Å². The average Bonchev–Trinajstić information content (AvgIpc) is 3.27. The predicted molar refractivity (Wildman–Crippen MR) is 91.3 cm³/mol. The average molecular weight is 341 g/mol. The van der Waals surface area contributed by atoms with Gasteiger partial charge in [-0.15, -0.1) is 0 Å². The van der Waals surface area contributed by atoms with Crippen molar-refractivity contribution < 1.29 is 14.3 Å². The maximum absolute atomic E-state index is 12.1. The lowest BCUT2D eigenvalue weighted by Gasteiger charge is -2.16. The normalized spacial score (nSPS) is 13.2. The van der Waals surface area contributed by atoms with Gasteiger partial charge in [0, 0.05) is 18.7 Å². The van der Waals surface area contributed by atoms with Crippen LogP contribution in [0.1, 0.15) is 25.2 Å². The van der Waals surface area contributed by atoms with Crippen LogP contribution in [0.5, 0.6) is 0 Å². The van der Waals surface area contributed by atoms with Gasteiger partial charge in [-0.3, -0.25) is 0 Å². The minimum Gasteiger partial charge on any atom is -0.467 e. The number of rotatable bonds is 6. The SMILES string of the molecule is C[C@H](C[C@H](O)c1ccco1)NC(=O)Nc1cnn(-c2ccccn2)c1. The molecule has 0 unspecified atom stereocenters. The van der Waals surface area contributed by atoms with Crippen LogP contribution < -0.4 is 10.6 Å².